The molecule has 90 valence electrons. The van der Waals surface area contributed by atoms with Crippen molar-refractivity contribution in [3.8, 4) is 0 Å². The van der Waals surface area contributed by atoms with E-state index in [0.717, 1.165) is 11.8 Å². The van der Waals surface area contributed by atoms with Crippen LogP contribution in [0.2, 0.25) is 0 Å². The summed E-state index contributed by atoms with van der Waals surface area (Å²) in [6, 6.07) is 0. The van der Waals surface area contributed by atoms with E-state index < -0.39 is 0 Å². The molecule has 0 spiro atoms. The summed E-state index contributed by atoms with van der Waals surface area (Å²) in [5.74, 6) is 1.86. The molecule has 2 atom stereocenters. The molecule has 1 fully saturated rings. The molecule has 0 aliphatic heterocycles. The fraction of sp³-hybridized carbons (Fsp3) is 0.750. The predicted molar refractivity (Wildman–Crippen MR) is 71.4 cm³/mol. The number of unbranched alkanes of at least 4 members (excludes halogenated alkanes) is 1. The fourth-order valence-electron chi connectivity index (χ4n) is 3.34. The highest BCUT2D eigenvalue weighted by atomic mass is 14.3. The third-order valence-electron chi connectivity index (χ3n) is 4.31. The monoisotopic (exact) mass is 218 g/mol. The quantitative estimate of drug-likeness (QED) is 0.606. The van der Waals surface area contributed by atoms with Gasteiger partial charge in [0.1, 0.15) is 0 Å². The van der Waals surface area contributed by atoms with Crippen molar-refractivity contribution in [3.05, 3.63) is 23.8 Å². The number of rotatable bonds is 3. The van der Waals surface area contributed by atoms with Crippen LogP contribution in [-0.2, 0) is 0 Å². The molecular formula is C16H26. The van der Waals surface area contributed by atoms with Crippen molar-refractivity contribution in [3.63, 3.8) is 0 Å². The molecule has 0 amide bonds. The molecule has 0 heterocycles. The molecule has 0 aromatic rings. The lowest BCUT2D eigenvalue weighted by Gasteiger charge is -2.16. The highest BCUT2D eigenvalue weighted by Gasteiger charge is 2.28. The largest absolute Gasteiger partial charge is 0.0845 e. The van der Waals surface area contributed by atoms with Crippen LogP contribution < -0.4 is 0 Å². The molecule has 16 heavy (non-hydrogen) atoms. The van der Waals surface area contributed by atoms with Gasteiger partial charge in [-0.2, -0.15) is 0 Å². The molecular weight excluding hydrogens is 192 g/mol. The van der Waals surface area contributed by atoms with Gasteiger partial charge in [0.15, 0.2) is 0 Å². The van der Waals surface area contributed by atoms with Crippen LogP contribution in [0.25, 0.3) is 0 Å². The SMILES string of the molecule is CCCCC1CCC2CCCCC=CC=C12. The maximum absolute atomic E-state index is 2.46. The van der Waals surface area contributed by atoms with E-state index in [1.807, 2.05) is 0 Å². The Kier molecular flexibility index (Phi) is 4.69. The van der Waals surface area contributed by atoms with Gasteiger partial charge in [0.2, 0.25) is 0 Å². The minimum atomic E-state index is 0.924. The van der Waals surface area contributed by atoms with Gasteiger partial charge in [-0.3, -0.25) is 0 Å². The summed E-state index contributed by atoms with van der Waals surface area (Å²) in [7, 11) is 0. The summed E-state index contributed by atoms with van der Waals surface area (Å²) in [5.41, 5.74) is 1.80. The minimum absolute atomic E-state index is 0.924. The number of allylic oxidation sites excluding steroid dienone is 4. The predicted octanol–water partition coefficient (Wildman–Crippen LogP) is 5.26. The lowest BCUT2D eigenvalue weighted by molar-refractivity contribution is 0.532. The van der Waals surface area contributed by atoms with Crippen LogP contribution in [0.4, 0.5) is 0 Å². The number of hydrogen-bond acceptors (Lipinski definition) is 0. The second-order valence-corrected chi connectivity index (χ2v) is 5.49. The molecule has 0 N–H and O–H groups in total. The molecule has 0 aromatic heterocycles. The zero-order chi connectivity index (χ0) is 11.2. The first-order chi connectivity index (χ1) is 7.92. The summed E-state index contributed by atoms with van der Waals surface area (Å²) in [5, 5.41) is 0. The number of fused-ring (bicyclic) bond motifs is 1. The van der Waals surface area contributed by atoms with E-state index in [9.17, 15) is 0 Å². The first-order valence-corrected chi connectivity index (χ1v) is 7.28. The Morgan fingerprint density at radius 1 is 1.19 bits per heavy atom. The normalized spacial score (nSPS) is 30.2. The van der Waals surface area contributed by atoms with E-state index in [0.29, 0.717) is 0 Å². The van der Waals surface area contributed by atoms with Crippen LogP contribution >= 0.6 is 0 Å². The van der Waals surface area contributed by atoms with Gasteiger partial charge in [-0.05, 0) is 50.4 Å². The van der Waals surface area contributed by atoms with E-state index in [2.05, 4.69) is 25.2 Å². The van der Waals surface area contributed by atoms with Crippen molar-refractivity contribution >= 4 is 0 Å². The van der Waals surface area contributed by atoms with E-state index in [-0.39, 0.29) is 0 Å². The number of hydrogen-bond donors (Lipinski definition) is 0. The van der Waals surface area contributed by atoms with Crippen molar-refractivity contribution < 1.29 is 0 Å². The van der Waals surface area contributed by atoms with Crippen molar-refractivity contribution in [2.45, 2.75) is 64.7 Å². The molecule has 0 radical (unpaired) electrons. The molecule has 2 aliphatic carbocycles. The first-order valence-electron chi connectivity index (χ1n) is 7.28. The Hall–Kier alpha value is -0.520. The van der Waals surface area contributed by atoms with Crippen molar-refractivity contribution in [1.82, 2.24) is 0 Å². The van der Waals surface area contributed by atoms with Gasteiger partial charge in [-0.1, -0.05) is 50.0 Å². The van der Waals surface area contributed by atoms with Crippen LogP contribution in [0.1, 0.15) is 64.7 Å². The highest BCUT2D eigenvalue weighted by Crippen LogP contribution is 2.42. The molecule has 0 heteroatoms. The van der Waals surface area contributed by atoms with Gasteiger partial charge in [0, 0.05) is 0 Å². The van der Waals surface area contributed by atoms with Crippen LogP contribution in [-0.4, -0.2) is 0 Å². The lowest BCUT2D eigenvalue weighted by atomic mass is 9.90. The van der Waals surface area contributed by atoms with Gasteiger partial charge < -0.3 is 0 Å². The molecule has 0 bridgehead atoms. The second-order valence-electron chi connectivity index (χ2n) is 5.49. The molecule has 0 saturated heterocycles. The molecule has 1 saturated carbocycles. The van der Waals surface area contributed by atoms with Gasteiger partial charge in [0.25, 0.3) is 0 Å². The summed E-state index contributed by atoms with van der Waals surface area (Å²) in [4.78, 5) is 0. The zero-order valence-corrected chi connectivity index (χ0v) is 10.8. The molecule has 2 aliphatic rings. The standard InChI is InChI=1S/C16H26/c1-2-3-9-14-12-13-15-10-7-5-4-6-8-11-16(14)15/h6,8,11,14-15H,2-5,7,9-10,12-13H2,1H3. The van der Waals surface area contributed by atoms with E-state index in [4.69, 9.17) is 0 Å². The van der Waals surface area contributed by atoms with E-state index >= 15 is 0 Å². The van der Waals surface area contributed by atoms with Crippen molar-refractivity contribution in [2.24, 2.45) is 11.8 Å². The molecule has 0 nitrogen and oxygen atoms in total. The summed E-state index contributed by atoms with van der Waals surface area (Å²) < 4.78 is 0. The lowest BCUT2D eigenvalue weighted by Crippen LogP contribution is -2.02. The summed E-state index contributed by atoms with van der Waals surface area (Å²) in [6.07, 6.45) is 19.9. The molecule has 0 aromatic carbocycles. The van der Waals surface area contributed by atoms with E-state index in [1.54, 1.807) is 5.57 Å². The van der Waals surface area contributed by atoms with Crippen LogP contribution in [0.5, 0.6) is 0 Å². The van der Waals surface area contributed by atoms with Crippen LogP contribution in [0.3, 0.4) is 0 Å². The van der Waals surface area contributed by atoms with Gasteiger partial charge >= 0.3 is 0 Å². The van der Waals surface area contributed by atoms with Crippen LogP contribution in [0, 0.1) is 11.8 Å². The Bertz CT molecular complexity index is 259. The Morgan fingerprint density at radius 2 is 2.12 bits per heavy atom. The smallest absolute Gasteiger partial charge is 0.0197 e. The average molecular weight is 218 g/mol. The third kappa shape index (κ3) is 2.99. The van der Waals surface area contributed by atoms with E-state index in [1.165, 1.54) is 57.8 Å². The fourth-order valence-corrected chi connectivity index (χ4v) is 3.34. The Morgan fingerprint density at radius 3 is 3.00 bits per heavy atom. The Balaban J connectivity index is 2.02. The van der Waals surface area contributed by atoms with Gasteiger partial charge in [0.05, 0.1) is 0 Å². The minimum Gasteiger partial charge on any atom is -0.0845 e. The second kappa shape index (κ2) is 6.27. The van der Waals surface area contributed by atoms with Crippen LogP contribution in [0.15, 0.2) is 23.8 Å². The van der Waals surface area contributed by atoms with Gasteiger partial charge in [-0.25, -0.2) is 0 Å². The Labute approximate surface area is 101 Å². The third-order valence-corrected chi connectivity index (χ3v) is 4.31. The maximum atomic E-state index is 2.46. The first kappa shape index (κ1) is 12.0. The van der Waals surface area contributed by atoms with Gasteiger partial charge in [-0.15, -0.1) is 0 Å². The summed E-state index contributed by atoms with van der Waals surface area (Å²) in [6.45, 7) is 2.31. The van der Waals surface area contributed by atoms with Crippen molar-refractivity contribution in [2.75, 3.05) is 0 Å². The zero-order valence-electron chi connectivity index (χ0n) is 10.8. The van der Waals surface area contributed by atoms with Crippen molar-refractivity contribution in [1.29, 1.82) is 0 Å². The molecule has 2 rings (SSSR count). The maximum Gasteiger partial charge on any atom is -0.0197 e. The summed E-state index contributed by atoms with van der Waals surface area (Å²) >= 11 is 0. The molecule has 2 unspecified atom stereocenters. The topological polar surface area (TPSA) is 0 Å². The highest BCUT2D eigenvalue weighted by molar-refractivity contribution is 5.22. The average Bonchev–Trinajstić information content (AvgIpc) is 2.70.